The zero-order valence-corrected chi connectivity index (χ0v) is 17.2. The fourth-order valence-corrected chi connectivity index (χ4v) is 5.79. The van der Waals surface area contributed by atoms with E-state index in [1.165, 1.54) is 11.3 Å². The Labute approximate surface area is 170 Å². The maximum Gasteiger partial charge on any atom is 0.170 e. The van der Waals surface area contributed by atoms with Gasteiger partial charge in [0.05, 0.1) is 24.3 Å². The van der Waals surface area contributed by atoms with Crippen molar-refractivity contribution in [3.8, 4) is 5.75 Å². The highest BCUT2D eigenvalue weighted by molar-refractivity contribution is 7.10. The van der Waals surface area contributed by atoms with E-state index in [-0.39, 0.29) is 11.4 Å². The molecule has 0 bridgehead atoms. The summed E-state index contributed by atoms with van der Waals surface area (Å²) in [6.45, 7) is 2.42. The molecule has 1 N–H and O–H groups in total. The highest BCUT2D eigenvalue weighted by Gasteiger charge is 2.60. The third kappa shape index (κ3) is 3.47. The third-order valence-electron chi connectivity index (χ3n) is 6.52. The van der Waals surface area contributed by atoms with Gasteiger partial charge in [0.15, 0.2) is 5.79 Å². The molecule has 0 aromatic carbocycles. The predicted molar refractivity (Wildman–Crippen MR) is 108 cm³/mol. The van der Waals surface area contributed by atoms with Crippen LogP contribution in [0.25, 0.3) is 0 Å². The topological polar surface area (TPSA) is 52.6 Å². The number of ether oxygens (including phenoxy) is 3. The molecule has 5 rings (SSSR count). The molecule has 1 spiro atoms. The second kappa shape index (κ2) is 7.41. The number of thiophene rings is 1. The molecule has 2 saturated carbocycles. The lowest BCUT2D eigenvalue weighted by molar-refractivity contribution is -0.335. The summed E-state index contributed by atoms with van der Waals surface area (Å²) in [5.74, 6) is 2.19. The normalized spacial score (nSPS) is 33.8. The smallest absolute Gasteiger partial charge is 0.170 e. The lowest BCUT2D eigenvalue weighted by atomic mass is 9.88. The average molecular weight is 401 g/mol. The Bertz CT molecular complexity index is 801. The summed E-state index contributed by atoms with van der Waals surface area (Å²) >= 11 is 1.72. The van der Waals surface area contributed by atoms with Gasteiger partial charge >= 0.3 is 0 Å². The molecule has 28 heavy (non-hydrogen) atoms. The number of hydrogen-bond acceptors (Lipinski definition) is 6. The first-order valence-electron chi connectivity index (χ1n) is 10.3. The van der Waals surface area contributed by atoms with E-state index in [1.54, 1.807) is 18.4 Å². The van der Waals surface area contributed by atoms with Crippen LogP contribution in [0.5, 0.6) is 5.75 Å². The third-order valence-corrected chi connectivity index (χ3v) is 7.42. The van der Waals surface area contributed by atoms with Crippen LogP contribution in [0, 0.1) is 11.8 Å². The number of pyridine rings is 1. The van der Waals surface area contributed by atoms with Crippen molar-refractivity contribution in [3.05, 3.63) is 46.4 Å². The van der Waals surface area contributed by atoms with Gasteiger partial charge in [-0.15, -0.1) is 11.3 Å². The molecular weight excluding hydrogens is 372 g/mol. The van der Waals surface area contributed by atoms with Crippen LogP contribution in [0.4, 0.5) is 0 Å². The first kappa shape index (κ1) is 18.6. The van der Waals surface area contributed by atoms with Gasteiger partial charge in [-0.3, -0.25) is 4.98 Å². The number of fused-ring (bicyclic) bond motifs is 1. The van der Waals surface area contributed by atoms with Crippen molar-refractivity contribution < 1.29 is 14.2 Å². The number of hydrogen-bond donors (Lipinski definition) is 1. The molecule has 150 valence electrons. The van der Waals surface area contributed by atoms with Crippen LogP contribution in [0.3, 0.4) is 0 Å². The molecule has 6 heteroatoms. The number of aromatic nitrogens is 1. The average Bonchev–Trinajstić information content (AvgIpc) is 3.13. The number of nitrogens with one attached hydrogen (secondary N) is 1. The van der Waals surface area contributed by atoms with Gasteiger partial charge in [-0.1, -0.05) is 6.07 Å². The number of rotatable bonds is 7. The quantitative estimate of drug-likeness (QED) is 0.710. The number of methoxy groups -OCH3 is 1. The van der Waals surface area contributed by atoms with Crippen LogP contribution in [0.2, 0.25) is 0 Å². The van der Waals surface area contributed by atoms with Gasteiger partial charge in [0.2, 0.25) is 0 Å². The van der Waals surface area contributed by atoms with Gasteiger partial charge < -0.3 is 19.5 Å². The molecule has 2 aliphatic carbocycles. The second-order valence-electron chi connectivity index (χ2n) is 8.32. The van der Waals surface area contributed by atoms with Gasteiger partial charge in [0, 0.05) is 32.0 Å². The summed E-state index contributed by atoms with van der Waals surface area (Å²) in [4.78, 5) is 5.92. The van der Waals surface area contributed by atoms with E-state index in [2.05, 4.69) is 27.8 Å². The zero-order valence-electron chi connectivity index (χ0n) is 16.4. The molecule has 3 unspecified atom stereocenters. The van der Waals surface area contributed by atoms with E-state index in [4.69, 9.17) is 14.2 Å². The van der Waals surface area contributed by atoms with Crippen LogP contribution < -0.4 is 10.1 Å². The van der Waals surface area contributed by atoms with E-state index >= 15 is 0 Å². The van der Waals surface area contributed by atoms with Crippen molar-refractivity contribution in [2.75, 3.05) is 20.3 Å². The summed E-state index contributed by atoms with van der Waals surface area (Å²) in [5, 5.41) is 5.65. The standard InChI is InChI=1S/C22H28N2O3S/c1-25-18-5-11-28-19(18)15-23-9-6-21(20-4-2-3-8-24-20)7-10-26-22(27-21)13-16-12-17(16)14-22/h2-5,8,11,16-17,23H,6-7,9-10,12-15H2,1H3. The monoisotopic (exact) mass is 400 g/mol. The van der Waals surface area contributed by atoms with Crippen LogP contribution in [0.1, 0.15) is 42.7 Å². The fraction of sp³-hybridized carbons (Fsp3) is 0.591. The maximum atomic E-state index is 6.84. The van der Waals surface area contributed by atoms with Crippen molar-refractivity contribution in [2.45, 2.75) is 50.0 Å². The summed E-state index contributed by atoms with van der Waals surface area (Å²) < 4.78 is 18.5. The van der Waals surface area contributed by atoms with Crippen molar-refractivity contribution in [3.63, 3.8) is 0 Å². The lowest BCUT2D eigenvalue weighted by Crippen LogP contribution is -2.51. The minimum absolute atomic E-state index is 0.372. The Balaban J connectivity index is 1.29. The first-order valence-corrected chi connectivity index (χ1v) is 11.2. The lowest BCUT2D eigenvalue weighted by Gasteiger charge is -2.47. The highest BCUT2D eigenvalue weighted by Crippen LogP contribution is 2.60. The Kier molecular flexibility index (Phi) is 4.91. The highest BCUT2D eigenvalue weighted by atomic mass is 32.1. The maximum absolute atomic E-state index is 6.84. The first-order chi connectivity index (χ1) is 13.7. The van der Waals surface area contributed by atoms with Gasteiger partial charge in [-0.25, -0.2) is 0 Å². The minimum atomic E-state index is -0.389. The summed E-state index contributed by atoms with van der Waals surface area (Å²) in [5.41, 5.74) is 0.664. The molecule has 3 atom stereocenters. The van der Waals surface area contributed by atoms with E-state index in [0.717, 1.165) is 68.7 Å². The Morgan fingerprint density at radius 1 is 1.29 bits per heavy atom. The molecule has 3 aliphatic rings. The molecule has 1 saturated heterocycles. The molecule has 2 aromatic heterocycles. The summed E-state index contributed by atoms with van der Waals surface area (Å²) in [7, 11) is 1.73. The van der Waals surface area contributed by atoms with Crippen molar-refractivity contribution in [1.29, 1.82) is 0 Å². The van der Waals surface area contributed by atoms with Crippen LogP contribution >= 0.6 is 11.3 Å². The minimum Gasteiger partial charge on any atom is -0.496 e. The summed E-state index contributed by atoms with van der Waals surface area (Å²) in [6, 6.07) is 8.16. The van der Waals surface area contributed by atoms with Crippen LogP contribution in [0.15, 0.2) is 35.8 Å². The summed E-state index contributed by atoms with van der Waals surface area (Å²) in [6.07, 6.45) is 7.06. The fourth-order valence-electron chi connectivity index (χ4n) is 4.98. The Morgan fingerprint density at radius 3 is 2.96 bits per heavy atom. The largest absolute Gasteiger partial charge is 0.496 e. The van der Waals surface area contributed by atoms with Gasteiger partial charge in [0.25, 0.3) is 0 Å². The molecule has 0 amide bonds. The molecule has 2 aromatic rings. The van der Waals surface area contributed by atoms with E-state index in [0.29, 0.717) is 0 Å². The van der Waals surface area contributed by atoms with Crippen molar-refractivity contribution in [2.24, 2.45) is 11.8 Å². The van der Waals surface area contributed by atoms with Gasteiger partial charge in [-0.2, -0.15) is 0 Å². The number of nitrogens with zero attached hydrogens (tertiary/aromatic N) is 1. The molecule has 5 nitrogen and oxygen atoms in total. The molecule has 3 heterocycles. The Hall–Kier alpha value is -1.47. The molecule has 1 aliphatic heterocycles. The van der Waals surface area contributed by atoms with Crippen LogP contribution in [-0.2, 0) is 21.6 Å². The van der Waals surface area contributed by atoms with Crippen molar-refractivity contribution >= 4 is 11.3 Å². The van der Waals surface area contributed by atoms with E-state index in [1.807, 2.05) is 18.3 Å². The van der Waals surface area contributed by atoms with Gasteiger partial charge in [-0.05, 0) is 54.8 Å². The van der Waals surface area contributed by atoms with E-state index in [9.17, 15) is 0 Å². The van der Waals surface area contributed by atoms with Gasteiger partial charge in [0.1, 0.15) is 11.4 Å². The zero-order chi connectivity index (χ0) is 19.0. The predicted octanol–water partition coefficient (Wildman–Crippen LogP) is 4.09. The molecule has 3 fully saturated rings. The Morgan fingerprint density at radius 2 is 2.18 bits per heavy atom. The molecular formula is C22H28N2O3S. The molecule has 0 radical (unpaired) electrons. The SMILES string of the molecule is COc1ccsc1CNCCC1(c2ccccn2)CCOC2(CC3CC3C2)O1. The van der Waals surface area contributed by atoms with Crippen LogP contribution in [-0.4, -0.2) is 31.0 Å². The van der Waals surface area contributed by atoms with Crippen molar-refractivity contribution in [1.82, 2.24) is 10.3 Å². The second-order valence-corrected chi connectivity index (χ2v) is 9.32. The van der Waals surface area contributed by atoms with E-state index < -0.39 is 0 Å².